The third-order valence-corrected chi connectivity index (χ3v) is 7.36. The van der Waals surface area contributed by atoms with Crippen LogP contribution in [0.1, 0.15) is 97.8 Å². The van der Waals surface area contributed by atoms with Gasteiger partial charge < -0.3 is 16.0 Å². The molecule has 2 heterocycles. The predicted molar refractivity (Wildman–Crippen MR) is 145 cm³/mol. The number of hydrogen-bond donors (Lipinski definition) is 3. The zero-order valence-electron chi connectivity index (χ0n) is 23.9. The fraction of sp³-hybridized carbons (Fsp3) is 0.778. The third-order valence-electron chi connectivity index (χ3n) is 7.36. The maximum atomic E-state index is 14.0. The Morgan fingerprint density at radius 2 is 1.18 bits per heavy atom. The van der Waals surface area contributed by atoms with Crippen molar-refractivity contribution in [1.82, 2.24) is 25.8 Å². The third kappa shape index (κ3) is 9.29. The molecule has 1 atom stereocenters. The number of quaternary nitrogens is 1. The summed E-state index contributed by atoms with van der Waals surface area (Å²) in [5.41, 5.74) is 0. The van der Waals surface area contributed by atoms with Gasteiger partial charge in [-0.1, -0.05) is 25.7 Å². The number of imide groups is 3. The van der Waals surface area contributed by atoms with E-state index in [1.54, 1.807) is 0 Å². The minimum Gasteiger partial charge on any atom is -0.356 e. The van der Waals surface area contributed by atoms with Crippen molar-refractivity contribution in [3.05, 3.63) is 0 Å². The Bertz CT molecular complexity index is 844. The zero-order valence-corrected chi connectivity index (χ0v) is 23.9. The maximum Gasteiger partial charge on any atom is 0.438 e. The Hall–Kier alpha value is -3.02. The lowest BCUT2D eigenvalue weighted by Gasteiger charge is -2.46. The van der Waals surface area contributed by atoms with Crippen molar-refractivity contribution in [3.8, 4) is 0 Å². The molecule has 0 aromatic heterocycles. The summed E-state index contributed by atoms with van der Waals surface area (Å²) in [5.74, 6) is -0.456. The van der Waals surface area contributed by atoms with Gasteiger partial charge in [0.1, 0.15) is 0 Å². The number of amides is 9. The smallest absolute Gasteiger partial charge is 0.356 e. The topological polar surface area (TPSA) is 145 Å². The molecule has 12 heteroatoms. The summed E-state index contributed by atoms with van der Waals surface area (Å²) in [6, 6.07) is -1.68. The molecule has 0 aliphatic carbocycles. The molecule has 3 N–H and O–H groups in total. The summed E-state index contributed by atoms with van der Waals surface area (Å²) in [4.78, 5) is 78.0. The van der Waals surface area contributed by atoms with E-state index in [1.807, 2.05) is 0 Å². The number of nitrogens with zero attached hydrogens (tertiary/aromatic N) is 3. The van der Waals surface area contributed by atoms with Crippen LogP contribution in [-0.2, 0) is 14.4 Å². The second-order valence-electron chi connectivity index (χ2n) is 10.6. The molecular formula is C27H47N6O6+. The first kappa shape index (κ1) is 32.2. The lowest BCUT2D eigenvalue weighted by molar-refractivity contribution is -0.807. The van der Waals surface area contributed by atoms with Crippen LogP contribution >= 0.6 is 0 Å². The number of carbonyl (C=O) groups is 6. The normalized spacial score (nSPS) is 19.2. The van der Waals surface area contributed by atoms with Gasteiger partial charge in [-0.05, 0) is 44.9 Å². The van der Waals surface area contributed by atoms with Gasteiger partial charge in [0, 0.05) is 53.4 Å². The van der Waals surface area contributed by atoms with Crippen molar-refractivity contribution in [1.29, 1.82) is 0 Å². The summed E-state index contributed by atoms with van der Waals surface area (Å²) in [6.45, 7) is 6.14. The highest BCUT2D eigenvalue weighted by Crippen LogP contribution is 2.33. The molecule has 2 aliphatic heterocycles. The lowest BCUT2D eigenvalue weighted by Crippen LogP contribution is -2.78. The second kappa shape index (κ2) is 16.2. The Morgan fingerprint density at radius 1 is 0.692 bits per heavy atom. The van der Waals surface area contributed by atoms with Crippen LogP contribution in [0.2, 0.25) is 0 Å². The van der Waals surface area contributed by atoms with Crippen molar-refractivity contribution in [2.75, 3.05) is 32.7 Å². The van der Waals surface area contributed by atoms with E-state index in [1.165, 1.54) is 30.6 Å². The standard InChI is InChI=1S/C27H46N6O6/c1-21(34)28-16-10-4-6-12-18-31-25(37)32(19-13-7-5-11-17-29-22(2)35)27(39)33(26(31)38)20-14-8-9-15-24(33)30-23(3)36/h24H,4-20H2,1-3H3,(H2-,28,29,30,34,35,36)/p+1. The molecular weight excluding hydrogens is 504 g/mol. The second-order valence-corrected chi connectivity index (χ2v) is 10.6. The largest absolute Gasteiger partial charge is 0.438 e. The Labute approximate surface area is 231 Å². The van der Waals surface area contributed by atoms with E-state index < -0.39 is 28.7 Å². The monoisotopic (exact) mass is 551 g/mol. The maximum absolute atomic E-state index is 14.0. The fourth-order valence-corrected chi connectivity index (χ4v) is 5.36. The average Bonchev–Trinajstić information content (AvgIpc) is 3.07. The number of carbonyl (C=O) groups excluding carboxylic acids is 6. The van der Waals surface area contributed by atoms with Gasteiger partial charge in [0.15, 0.2) is 6.17 Å². The Balaban J connectivity index is 2.14. The van der Waals surface area contributed by atoms with Gasteiger partial charge in [0.05, 0.1) is 6.54 Å². The first-order valence-electron chi connectivity index (χ1n) is 14.4. The van der Waals surface area contributed by atoms with Gasteiger partial charge in [0.2, 0.25) is 17.7 Å². The number of rotatable bonds is 15. The lowest BCUT2D eigenvalue weighted by atomic mass is 10.1. The van der Waals surface area contributed by atoms with Crippen LogP contribution in [0.4, 0.5) is 14.4 Å². The van der Waals surface area contributed by atoms with Crippen LogP contribution in [0, 0.1) is 0 Å². The van der Waals surface area contributed by atoms with Crippen molar-refractivity contribution in [3.63, 3.8) is 0 Å². The van der Waals surface area contributed by atoms with E-state index in [0.717, 1.165) is 51.4 Å². The van der Waals surface area contributed by atoms with Gasteiger partial charge in [-0.25, -0.2) is 24.2 Å². The van der Waals surface area contributed by atoms with E-state index in [2.05, 4.69) is 16.0 Å². The fourth-order valence-electron chi connectivity index (χ4n) is 5.36. The first-order valence-corrected chi connectivity index (χ1v) is 14.4. The van der Waals surface area contributed by atoms with Gasteiger partial charge in [-0.3, -0.25) is 14.4 Å². The molecule has 12 nitrogen and oxygen atoms in total. The molecule has 9 amide bonds. The van der Waals surface area contributed by atoms with Gasteiger partial charge >= 0.3 is 18.1 Å². The van der Waals surface area contributed by atoms with E-state index >= 15 is 0 Å². The number of nitrogens with one attached hydrogen (secondary N) is 3. The molecule has 0 bridgehead atoms. The van der Waals surface area contributed by atoms with Crippen LogP contribution in [0.3, 0.4) is 0 Å². The van der Waals surface area contributed by atoms with Crippen molar-refractivity contribution in [2.45, 2.75) is 104 Å². The van der Waals surface area contributed by atoms with Gasteiger partial charge in [0.25, 0.3) is 0 Å². The minimum absolute atomic E-state index is 0.0720. The SMILES string of the molecule is CC(=O)NCCCCCCN1C(=O)N(CCCCCCNC(C)=O)C(=O)[N+]2(CCCCCC2NC(C)=O)C1=O. The molecule has 2 fully saturated rings. The van der Waals surface area contributed by atoms with E-state index in [4.69, 9.17) is 0 Å². The summed E-state index contributed by atoms with van der Waals surface area (Å²) >= 11 is 0. The van der Waals surface area contributed by atoms with E-state index in [-0.39, 0.29) is 37.4 Å². The molecule has 39 heavy (non-hydrogen) atoms. The van der Waals surface area contributed by atoms with Crippen LogP contribution in [-0.4, -0.2) is 89.0 Å². The quantitative estimate of drug-likeness (QED) is 0.211. The van der Waals surface area contributed by atoms with Crippen LogP contribution in [0.25, 0.3) is 0 Å². The molecule has 0 saturated carbocycles. The van der Waals surface area contributed by atoms with Crippen molar-refractivity contribution < 1.29 is 33.3 Å². The van der Waals surface area contributed by atoms with Gasteiger partial charge in [-0.15, -0.1) is 4.48 Å². The molecule has 2 aliphatic rings. The summed E-state index contributed by atoms with van der Waals surface area (Å²) in [6.07, 6.45) is 8.06. The summed E-state index contributed by atoms with van der Waals surface area (Å²) in [5, 5.41) is 8.37. The number of unbranched alkanes of at least 4 members (excludes halogenated alkanes) is 6. The highest BCUT2D eigenvalue weighted by atomic mass is 16.2. The Morgan fingerprint density at radius 3 is 1.64 bits per heavy atom. The predicted octanol–water partition coefficient (Wildman–Crippen LogP) is 3.21. The van der Waals surface area contributed by atoms with Crippen LogP contribution < -0.4 is 16.0 Å². The molecule has 0 aromatic carbocycles. The summed E-state index contributed by atoms with van der Waals surface area (Å²) in [7, 11) is 0. The highest BCUT2D eigenvalue weighted by molar-refractivity contribution is 6.06. The minimum atomic E-state index is -0.710. The van der Waals surface area contributed by atoms with Crippen LogP contribution in [0.15, 0.2) is 0 Å². The zero-order chi connectivity index (χ0) is 28.8. The number of hydrogen-bond acceptors (Lipinski definition) is 6. The molecule has 2 rings (SSSR count). The highest BCUT2D eigenvalue weighted by Gasteiger charge is 2.62. The molecule has 1 spiro atoms. The molecule has 1 unspecified atom stereocenters. The van der Waals surface area contributed by atoms with E-state index in [0.29, 0.717) is 38.8 Å². The first-order chi connectivity index (χ1) is 18.6. The van der Waals surface area contributed by atoms with Crippen molar-refractivity contribution in [2.24, 2.45) is 0 Å². The van der Waals surface area contributed by atoms with E-state index in [9.17, 15) is 28.8 Å². The molecule has 0 aromatic rings. The Kier molecular flexibility index (Phi) is 13.3. The molecule has 2 saturated heterocycles. The average molecular weight is 552 g/mol. The van der Waals surface area contributed by atoms with Gasteiger partial charge in [-0.2, -0.15) is 0 Å². The molecule has 220 valence electrons. The number of urea groups is 3. The molecule has 0 radical (unpaired) electrons. The van der Waals surface area contributed by atoms with Crippen LogP contribution in [0.5, 0.6) is 0 Å². The summed E-state index contributed by atoms with van der Waals surface area (Å²) < 4.78 is -0.573. The van der Waals surface area contributed by atoms with Crippen molar-refractivity contribution >= 4 is 35.8 Å².